The van der Waals surface area contributed by atoms with Crippen molar-refractivity contribution in [1.29, 1.82) is 0 Å². The van der Waals surface area contributed by atoms with Crippen LogP contribution in [-0.4, -0.2) is 45.6 Å². The van der Waals surface area contributed by atoms with E-state index < -0.39 is 23.8 Å². The Bertz CT molecular complexity index is 1370. The molecule has 2 atom stereocenters. The van der Waals surface area contributed by atoms with E-state index in [1.165, 1.54) is 0 Å². The molecule has 0 bridgehead atoms. The Hall–Kier alpha value is -4.33. The van der Waals surface area contributed by atoms with E-state index in [2.05, 4.69) is 10.6 Å². The van der Waals surface area contributed by atoms with Crippen LogP contribution in [0.1, 0.15) is 67.5 Å². The molecule has 1 aliphatic carbocycles. The fourth-order valence-corrected chi connectivity index (χ4v) is 5.11. The van der Waals surface area contributed by atoms with Crippen LogP contribution in [0.3, 0.4) is 0 Å². The van der Waals surface area contributed by atoms with Crippen molar-refractivity contribution in [2.75, 3.05) is 0 Å². The number of nitrogens with one attached hydrogen (secondary N) is 2. The summed E-state index contributed by atoms with van der Waals surface area (Å²) in [6.07, 6.45) is 0.967. The lowest BCUT2D eigenvalue weighted by atomic mass is 9.93. The Morgan fingerprint density at radius 3 is 2.10 bits per heavy atom. The van der Waals surface area contributed by atoms with E-state index in [9.17, 15) is 19.5 Å². The topological polar surface area (TPSA) is 108 Å². The van der Waals surface area contributed by atoms with Gasteiger partial charge in [0.1, 0.15) is 23.4 Å². The quantitative estimate of drug-likeness (QED) is 0.298. The molecule has 3 aromatic rings. The number of phenolic OH excluding ortho intramolecular Hbond substituents is 1. The third kappa shape index (κ3) is 8.12. The molecule has 1 fully saturated rings. The molecule has 3 amide bonds. The molecule has 0 saturated heterocycles. The molecule has 0 spiro atoms. The van der Waals surface area contributed by atoms with Crippen molar-refractivity contribution >= 4 is 17.9 Å². The van der Waals surface area contributed by atoms with Crippen LogP contribution >= 0.6 is 0 Å². The van der Waals surface area contributed by atoms with Gasteiger partial charge in [-0.25, -0.2) is 4.79 Å². The highest BCUT2D eigenvalue weighted by molar-refractivity contribution is 5.93. The van der Waals surface area contributed by atoms with E-state index >= 15 is 0 Å². The molecule has 0 aliphatic heterocycles. The van der Waals surface area contributed by atoms with E-state index in [0.717, 1.165) is 40.7 Å². The summed E-state index contributed by atoms with van der Waals surface area (Å²) in [5.74, 6) is -0.539. The van der Waals surface area contributed by atoms with Gasteiger partial charge in [-0.05, 0) is 87.4 Å². The highest BCUT2D eigenvalue weighted by atomic mass is 16.6. The van der Waals surface area contributed by atoms with Gasteiger partial charge in [-0.1, -0.05) is 60.7 Å². The average Bonchev–Trinajstić information content (AvgIpc) is 3.76. The van der Waals surface area contributed by atoms with Gasteiger partial charge in [-0.15, -0.1) is 0 Å². The second-order valence-corrected chi connectivity index (χ2v) is 12.0. The summed E-state index contributed by atoms with van der Waals surface area (Å²) in [6.45, 7) is 9.49. The molecule has 3 aromatic carbocycles. The van der Waals surface area contributed by atoms with Crippen LogP contribution in [0.4, 0.5) is 4.79 Å². The molecule has 0 aromatic heterocycles. The molecule has 2 unspecified atom stereocenters. The molecule has 222 valence electrons. The number of hydrogen-bond acceptors (Lipinski definition) is 5. The van der Waals surface area contributed by atoms with Crippen molar-refractivity contribution in [3.05, 3.63) is 101 Å². The summed E-state index contributed by atoms with van der Waals surface area (Å²) in [6, 6.07) is 19.9. The third-order valence-electron chi connectivity index (χ3n) is 7.21. The van der Waals surface area contributed by atoms with Gasteiger partial charge in [0.2, 0.25) is 11.8 Å². The molecule has 0 radical (unpaired) electrons. The zero-order valence-electron chi connectivity index (χ0n) is 25.0. The normalized spacial score (nSPS) is 14.4. The highest BCUT2D eigenvalue weighted by Gasteiger charge is 2.44. The predicted octanol–water partition coefficient (Wildman–Crippen LogP) is 5.49. The van der Waals surface area contributed by atoms with Crippen LogP contribution < -0.4 is 10.6 Å². The second kappa shape index (κ2) is 13.1. The van der Waals surface area contributed by atoms with Crippen molar-refractivity contribution in [3.63, 3.8) is 0 Å². The molecule has 8 nitrogen and oxygen atoms in total. The minimum absolute atomic E-state index is 0.103. The maximum atomic E-state index is 14.5. The minimum Gasteiger partial charge on any atom is -0.508 e. The van der Waals surface area contributed by atoms with Crippen molar-refractivity contribution in [1.82, 2.24) is 15.5 Å². The van der Waals surface area contributed by atoms with Gasteiger partial charge in [0.25, 0.3) is 0 Å². The number of rotatable bonds is 10. The van der Waals surface area contributed by atoms with Gasteiger partial charge in [-0.2, -0.15) is 0 Å². The number of aromatic hydroxyl groups is 1. The van der Waals surface area contributed by atoms with Gasteiger partial charge in [0.05, 0.1) is 0 Å². The Labute approximate surface area is 248 Å². The number of nitrogens with zero attached hydrogens (tertiary/aromatic N) is 1. The van der Waals surface area contributed by atoms with Crippen LogP contribution in [0.2, 0.25) is 0 Å². The summed E-state index contributed by atoms with van der Waals surface area (Å²) < 4.78 is 5.51. The summed E-state index contributed by atoms with van der Waals surface area (Å²) >= 11 is 0. The average molecular weight is 572 g/mol. The SMILES string of the molecule is Cc1cccc(C)c1C(C(=O)NCc1ccccc1)N(C(=O)C(Cc1ccc(O)cc1)NC(=O)OC(C)(C)C)C1CC1. The number of aryl methyl sites for hydroxylation is 2. The summed E-state index contributed by atoms with van der Waals surface area (Å²) in [7, 11) is 0. The zero-order valence-corrected chi connectivity index (χ0v) is 25.0. The lowest BCUT2D eigenvalue weighted by Crippen LogP contribution is -2.54. The minimum atomic E-state index is -1.00. The standard InChI is InChI=1S/C34H41N3O5/c1-22-10-9-11-23(2)29(22)30(31(39)35-21-25-12-7-6-8-13-25)37(26-16-17-26)32(40)28(36-33(41)42-34(3,4)5)20-24-14-18-27(38)19-15-24/h6-15,18-19,26,28,30,38H,16-17,20-21H2,1-5H3,(H,35,39)(H,36,41). The monoisotopic (exact) mass is 571 g/mol. The number of carbonyl (C=O) groups is 3. The predicted molar refractivity (Wildman–Crippen MR) is 162 cm³/mol. The van der Waals surface area contributed by atoms with E-state index in [4.69, 9.17) is 4.74 Å². The maximum absolute atomic E-state index is 14.5. The molecule has 4 rings (SSSR count). The van der Waals surface area contributed by atoms with Gasteiger partial charge in [0, 0.05) is 19.0 Å². The Morgan fingerprint density at radius 1 is 0.905 bits per heavy atom. The first kappa shape index (κ1) is 30.6. The van der Waals surface area contributed by atoms with Crippen molar-refractivity contribution < 1.29 is 24.2 Å². The number of hydrogen-bond donors (Lipinski definition) is 3. The largest absolute Gasteiger partial charge is 0.508 e. The molecular weight excluding hydrogens is 530 g/mol. The Kier molecular flexibility index (Phi) is 9.55. The number of amides is 3. The molecule has 1 aliphatic rings. The smallest absolute Gasteiger partial charge is 0.408 e. The number of benzene rings is 3. The van der Waals surface area contributed by atoms with Crippen molar-refractivity contribution in [3.8, 4) is 5.75 Å². The highest BCUT2D eigenvalue weighted by Crippen LogP contribution is 2.38. The fourth-order valence-electron chi connectivity index (χ4n) is 5.11. The number of phenols is 1. The number of ether oxygens (including phenoxy) is 1. The molecule has 42 heavy (non-hydrogen) atoms. The van der Waals surface area contributed by atoms with Crippen LogP contribution in [0.15, 0.2) is 72.8 Å². The molecule has 8 heteroatoms. The Morgan fingerprint density at radius 2 is 1.52 bits per heavy atom. The maximum Gasteiger partial charge on any atom is 0.408 e. The lowest BCUT2D eigenvalue weighted by Gasteiger charge is -2.36. The van der Waals surface area contributed by atoms with Crippen LogP contribution in [0, 0.1) is 13.8 Å². The number of carbonyl (C=O) groups excluding carboxylic acids is 3. The van der Waals surface area contributed by atoms with Gasteiger partial charge in [-0.3, -0.25) is 9.59 Å². The van der Waals surface area contributed by atoms with E-state index in [1.807, 2.05) is 62.4 Å². The molecular formula is C34H41N3O5. The van der Waals surface area contributed by atoms with Crippen LogP contribution in [-0.2, 0) is 27.3 Å². The molecule has 1 saturated carbocycles. The summed E-state index contributed by atoms with van der Waals surface area (Å²) in [4.78, 5) is 43.2. The Balaban J connectivity index is 1.72. The first-order valence-corrected chi connectivity index (χ1v) is 14.4. The van der Waals surface area contributed by atoms with E-state index in [0.29, 0.717) is 6.54 Å². The lowest BCUT2D eigenvalue weighted by molar-refractivity contribution is -0.143. The first-order chi connectivity index (χ1) is 19.9. The van der Waals surface area contributed by atoms with Crippen LogP contribution in [0.25, 0.3) is 0 Å². The van der Waals surface area contributed by atoms with Gasteiger partial charge >= 0.3 is 6.09 Å². The fraction of sp³-hybridized carbons (Fsp3) is 0.382. The van der Waals surface area contributed by atoms with Crippen LogP contribution in [0.5, 0.6) is 5.75 Å². The van der Waals surface area contributed by atoms with Gasteiger partial charge in [0.15, 0.2) is 0 Å². The van der Waals surface area contributed by atoms with E-state index in [-0.39, 0.29) is 30.0 Å². The second-order valence-electron chi connectivity index (χ2n) is 12.0. The number of alkyl carbamates (subject to hydrolysis) is 1. The summed E-state index contributed by atoms with van der Waals surface area (Å²) in [5, 5.41) is 15.6. The molecule has 0 heterocycles. The zero-order chi connectivity index (χ0) is 30.4. The first-order valence-electron chi connectivity index (χ1n) is 14.4. The van der Waals surface area contributed by atoms with Gasteiger partial charge < -0.3 is 25.4 Å². The summed E-state index contributed by atoms with van der Waals surface area (Å²) in [5.41, 5.74) is 3.53. The molecule has 3 N–H and O–H groups in total. The van der Waals surface area contributed by atoms with Crippen molar-refractivity contribution in [2.45, 2.75) is 84.2 Å². The van der Waals surface area contributed by atoms with E-state index in [1.54, 1.807) is 49.9 Å². The van der Waals surface area contributed by atoms with Crippen molar-refractivity contribution in [2.24, 2.45) is 0 Å². The third-order valence-corrected chi connectivity index (χ3v) is 7.21.